The molecule has 2 amide bonds. The SMILES string of the molecule is C#CCN1C(=O)[C@@]2(CC(=O)Nc3c2cnn3-c2ccccc2)c2cccc(C)c21. The Morgan fingerprint density at radius 2 is 1.93 bits per heavy atom. The number of nitrogens with zero attached hydrogens (tertiary/aromatic N) is 3. The maximum absolute atomic E-state index is 13.7. The van der Waals surface area contributed by atoms with Crippen molar-refractivity contribution in [2.75, 3.05) is 16.8 Å². The molecule has 3 aromatic rings. The number of aromatic nitrogens is 2. The summed E-state index contributed by atoms with van der Waals surface area (Å²) in [6.07, 6.45) is 7.27. The van der Waals surface area contributed by atoms with Crippen LogP contribution in [0.3, 0.4) is 0 Å². The van der Waals surface area contributed by atoms with Crippen molar-refractivity contribution in [3.05, 3.63) is 71.4 Å². The van der Waals surface area contributed by atoms with Crippen LogP contribution < -0.4 is 10.2 Å². The van der Waals surface area contributed by atoms with Crippen LogP contribution in [0.1, 0.15) is 23.1 Å². The Hall–Kier alpha value is -3.85. The summed E-state index contributed by atoms with van der Waals surface area (Å²) in [6, 6.07) is 15.3. The van der Waals surface area contributed by atoms with Gasteiger partial charge in [0.15, 0.2) is 0 Å². The van der Waals surface area contributed by atoms with Crippen molar-refractivity contribution in [2.24, 2.45) is 0 Å². The van der Waals surface area contributed by atoms with E-state index in [-0.39, 0.29) is 24.8 Å². The van der Waals surface area contributed by atoms with Crippen molar-refractivity contribution in [1.29, 1.82) is 0 Å². The van der Waals surface area contributed by atoms with Gasteiger partial charge in [-0.25, -0.2) is 4.68 Å². The third-order valence-corrected chi connectivity index (χ3v) is 5.74. The van der Waals surface area contributed by atoms with E-state index in [1.165, 1.54) is 0 Å². The van der Waals surface area contributed by atoms with Gasteiger partial charge in [-0.2, -0.15) is 5.10 Å². The maximum atomic E-state index is 13.7. The molecule has 0 unspecified atom stereocenters. The number of anilines is 2. The lowest BCUT2D eigenvalue weighted by Gasteiger charge is -2.32. The number of nitrogens with one attached hydrogen (secondary N) is 1. The van der Waals surface area contributed by atoms with E-state index < -0.39 is 5.41 Å². The zero-order chi connectivity index (χ0) is 20.2. The fourth-order valence-corrected chi connectivity index (χ4v) is 4.54. The molecule has 2 aromatic carbocycles. The Bertz CT molecular complexity index is 1210. The molecule has 29 heavy (non-hydrogen) atoms. The zero-order valence-electron chi connectivity index (χ0n) is 15.8. The lowest BCUT2D eigenvalue weighted by molar-refractivity contribution is -0.126. The van der Waals surface area contributed by atoms with Crippen LogP contribution in [0.15, 0.2) is 54.7 Å². The molecule has 2 aliphatic heterocycles. The van der Waals surface area contributed by atoms with Crippen molar-refractivity contribution in [1.82, 2.24) is 9.78 Å². The predicted octanol–water partition coefficient (Wildman–Crippen LogP) is 2.79. The summed E-state index contributed by atoms with van der Waals surface area (Å²) in [5.41, 5.74) is 2.93. The highest BCUT2D eigenvalue weighted by atomic mass is 16.2. The number of carbonyl (C=O) groups is 2. The quantitative estimate of drug-likeness (QED) is 0.693. The third-order valence-electron chi connectivity index (χ3n) is 5.74. The summed E-state index contributed by atoms with van der Waals surface area (Å²) in [5, 5.41) is 7.43. The number of fused-ring (bicyclic) bond motifs is 4. The van der Waals surface area contributed by atoms with Crippen LogP contribution in [0.5, 0.6) is 0 Å². The highest BCUT2D eigenvalue weighted by Gasteiger charge is 2.57. The number of benzene rings is 2. The van der Waals surface area contributed by atoms with Crippen molar-refractivity contribution in [3.8, 4) is 18.0 Å². The van der Waals surface area contributed by atoms with Gasteiger partial charge in [0.05, 0.1) is 24.1 Å². The monoisotopic (exact) mass is 382 g/mol. The van der Waals surface area contributed by atoms with E-state index in [1.54, 1.807) is 15.8 Å². The predicted molar refractivity (Wildman–Crippen MR) is 110 cm³/mol. The second-order valence-corrected chi connectivity index (χ2v) is 7.35. The number of para-hydroxylation sites is 2. The first kappa shape index (κ1) is 17.3. The van der Waals surface area contributed by atoms with Crippen molar-refractivity contribution < 1.29 is 9.59 Å². The Morgan fingerprint density at radius 3 is 2.69 bits per heavy atom. The van der Waals surface area contributed by atoms with Gasteiger partial charge in [0.2, 0.25) is 11.8 Å². The van der Waals surface area contributed by atoms with Crippen LogP contribution >= 0.6 is 0 Å². The highest BCUT2D eigenvalue weighted by molar-refractivity contribution is 6.16. The summed E-state index contributed by atoms with van der Waals surface area (Å²) in [6.45, 7) is 2.11. The summed E-state index contributed by atoms with van der Waals surface area (Å²) < 4.78 is 1.67. The second kappa shape index (κ2) is 6.08. The minimum absolute atomic E-state index is 0.0246. The van der Waals surface area contributed by atoms with Gasteiger partial charge < -0.3 is 5.32 Å². The molecule has 142 valence electrons. The molecule has 1 N–H and O–H groups in total. The van der Waals surface area contributed by atoms with E-state index in [2.05, 4.69) is 16.3 Å². The zero-order valence-corrected chi connectivity index (χ0v) is 15.8. The van der Waals surface area contributed by atoms with Crippen LogP contribution in [0, 0.1) is 19.3 Å². The molecule has 0 radical (unpaired) electrons. The Labute approximate surface area is 168 Å². The van der Waals surface area contributed by atoms with E-state index in [9.17, 15) is 9.59 Å². The highest BCUT2D eigenvalue weighted by Crippen LogP contribution is 2.53. The fourth-order valence-electron chi connectivity index (χ4n) is 4.54. The minimum Gasteiger partial charge on any atom is -0.310 e. The number of hydrogen-bond donors (Lipinski definition) is 1. The number of carbonyl (C=O) groups excluding carboxylic acids is 2. The van der Waals surface area contributed by atoms with E-state index in [0.717, 1.165) is 22.5 Å². The summed E-state index contributed by atoms with van der Waals surface area (Å²) >= 11 is 0. The summed E-state index contributed by atoms with van der Waals surface area (Å²) in [7, 11) is 0. The molecule has 0 saturated heterocycles. The van der Waals surface area contributed by atoms with E-state index in [1.807, 2.05) is 55.5 Å². The maximum Gasteiger partial charge on any atom is 0.243 e. The van der Waals surface area contributed by atoms with E-state index in [0.29, 0.717) is 11.4 Å². The molecular formula is C23H18N4O2. The van der Waals surface area contributed by atoms with Gasteiger partial charge in [-0.1, -0.05) is 42.3 Å². The number of terminal acetylenes is 1. The van der Waals surface area contributed by atoms with Gasteiger partial charge in [-0.3, -0.25) is 14.5 Å². The largest absolute Gasteiger partial charge is 0.310 e. The smallest absolute Gasteiger partial charge is 0.243 e. The molecule has 1 atom stereocenters. The number of aryl methyl sites for hydroxylation is 1. The molecule has 2 aliphatic rings. The average molecular weight is 382 g/mol. The van der Waals surface area contributed by atoms with Crippen molar-refractivity contribution >= 4 is 23.3 Å². The summed E-state index contributed by atoms with van der Waals surface area (Å²) in [4.78, 5) is 28.2. The van der Waals surface area contributed by atoms with Gasteiger partial charge in [0, 0.05) is 12.0 Å². The molecule has 0 fully saturated rings. The Kier molecular flexibility index (Phi) is 3.62. The molecule has 0 bridgehead atoms. The third kappa shape index (κ3) is 2.21. The van der Waals surface area contributed by atoms with Gasteiger partial charge >= 0.3 is 0 Å². The molecule has 6 nitrogen and oxygen atoms in total. The van der Waals surface area contributed by atoms with Gasteiger partial charge in [-0.05, 0) is 30.2 Å². The number of rotatable bonds is 2. The minimum atomic E-state index is -1.12. The lowest BCUT2D eigenvalue weighted by atomic mass is 9.71. The lowest BCUT2D eigenvalue weighted by Crippen LogP contribution is -2.46. The Morgan fingerprint density at radius 1 is 1.14 bits per heavy atom. The van der Waals surface area contributed by atoms with E-state index >= 15 is 0 Å². The van der Waals surface area contributed by atoms with Crippen molar-refractivity contribution in [2.45, 2.75) is 18.8 Å². The van der Waals surface area contributed by atoms with Gasteiger partial charge in [0.25, 0.3) is 0 Å². The summed E-state index contributed by atoms with van der Waals surface area (Å²) in [5.74, 6) is 2.70. The first-order chi connectivity index (χ1) is 14.1. The van der Waals surface area contributed by atoms with Crippen LogP contribution in [-0.2, 0) is 15.0 Å². The van der Waals surface area contributed by atoms with Crippen LogP contribution in [-0.4, -0.2) is 28.1 Å². The van der Waals surface area contributed by atoms with Crippen LogP contribution in [0.2, 0.25) is 0 Å². The van der Waals surface area contributed by atoms with Crippen LogP contribution in [0.4, 0.5) is 11.5 Å². The van der Waals surface area contributed by atoms with Crippen LogP contribution in [0.25, 0.3) is 5.69 Å². The topological polar surface area (TPSA) is 67.2 Å². The Balaban J connectivity index is 1.79. The van der Waals surface area contributed by atoms with Crippen molar-refractivity contribution in [3.63, 3.8) is 0 Å². The van der Waals surface area contributed by atoms with Gasteiger partial charge in [-0.15, -0.1) is 6.42 Å². The molecule has 5 rings (SSSR count). The van der Waals surface area contributed by atoms with E-state index in [4.69, 9.17) is 6.42 Å². The molecule has 3 heterocycles. The average Bonchev–Trinajstić information content (AvgIpc) is 3.24. The second-order valence-electron chi connectivity index (χ2n) is 7.35. The number of amides is 2. The molecule has 0 aliphatic carbocycles. The normalized spacial score (nSPS) is 19.7. The standard InChI is InChI=1S/C23H18N4O2/c1-3-12-26-20-15(2)8-7-11-17(20)23(22(26)29)13-19(28)25-21-18(23)14-24-27(21)16-9-5-4-6-10-16/h1,4-11,14H,12-13H2,2H3,(H,25,28)/t23-/m0/s1. The molecule has 1 spiro atoms. The fraction of sp³-hybridized carbons (Fsp3) is 0.174. The molecule has 1 aromatic heterocycles. The molecular weight excluding hydrogens is 364 g/mol. The molecule has 6 heteroatoms. The molecule has 0 saturated carbocycles. The van der Waals surface area contributed by atoms with Gasteiger partial charge in [0.1, 0.15) is 11.2 Å². The number of hydrogen-bond acceptors (Lipinski definition) is 3. The first-order valence-electron chi connectivity index (χ1n) is 9.37. The first-order valence-corrected chi connectivity index (χ1v) is 9.37.